The number of aromatic amines is 1. The lowest BCUT2D eigenvalue weighted by atomic mass is 9.90. The Labute approximate surface area is 121 Å². The van der Waals surface area contributed by atoms with Gasteiger partial charge in [-0.2, -0.15) is 5.10 Å². The third-order valence-corrected chi connectivity index (χ3v) is 3.57. The van der Waals surface area contributed by atoms with Gasteiger partial charge >= 0.3 is 0 Å². The molecule has 3 N–H and O–H groups in total. The highest BCUT2D eigenvalue weighted by Crippen LogP contribution is 2.31. The number of H-pyrrole nitrogens is 1. The van der Waals surface area contributed by atoms with E-state index >= 15 is 0 Å². The molecule has 0 aliphatic carbocycles. The molecule has 2 amide bonds. The van der Waals surface area contributed by atoms with Crippen molar-refractivity contribution < 1.29 is 9.59 Å². The van der Waals surface area contributed by atoms with Crippen molar-refractivity contribution in [1.82, 2.24) is 15.5 Å². The van der Waals surface area contributed by atoms with Crippen LogP contribution in [-0.4, -0.2) is 28.6 Å². The maximum absolute atomic E-state index is 12.3. The number of aromatic nitrogens is 2. The number of para-hydroxylation sites is 1. The topological polar surface area (TPSA) is 86.9 Å². The molecule has 0 radical (unpaired) electrons. The number of fused-ring (bicyclic) bond motifs is 1. The van der Waals surface area contributed by atoms with Gasteiger partial charge in [0, 0.05) is 37.0 Å². The van der Waals surface area contributed by atoms with Crippen molar-refractivity contribution in [3.63, 3.8) is 0 Å². The van der Waals surface area contributed by atoms with E-state index in [1.165, 1.54) is 0 Å². The van der Waals surface area contributed by atoms with Gasteiger partial charge in [0.2, 0.25) is 11.8 Å². The molecule has 1 aliphatic heterocycles. The first-order chi connectivity index (χ1) is 10.2. The van der Waals surface area contributed by atoms with Crippen LogP contribution in [0.2, 0.25) is 0 Å². The van der Waals surface area contributed by atoms with E-state index in [0.717, 1.165) is 16.9 Å². The van der Waals surface area contributed by atoms with Gasteiger partial charge in [0.1, 0.15) is 0 Å². The van der Waals surface area contributed by atoms with Crippen LogP contribution in [0.25, 0.3) is 0 Å². The fourth-order valence-corrected chi connectivity index (χ4v) is 2.51. The fraction of sp³-hybridized carbons (Fsp3) is 0.267. The van der Waals surface area contributed by atoms with E-state index in [9.17, 15) is 9.59 Å². The highest BCUT2D eigenvalue weighted by molar-refractivity contribution is 6.01. The summed E-state index contributed by atoms with van der Waals surface area (Å²) in [5.74, 6) is -0.657. The van der Waals surface area contributed by atoms with E-state index in [1.54, 1.807) is 6.20 Å². The number of nitrogens with zero attached hydrogens (tertiary/aromatic N) is 1. The maximum Gasteiger partial charge on any atom is 0.228 e. The molecule has 0 saturated carbocycles. The van der Waals surface area contributed by atoms with Crippen LogP contribution in [0.4, 0.5) is 5.69 Å². The van der Waals surface area contributed by atoms with Crippen LogP contribution in [0.3, 0.4) is 0 Å². The predicted molar refractivity (Wildman–Crippen MR) is 77.7 cm³/mol. The number of benzene rings is 1. The smallest absolute Gasteiger partial charge is 0.228 e. The Morgan fingerprint density at radius 2 is 2.19 bits per heavy atom. The Bertz CT molecular complexity index is 651. The molecule has 1 aliphatic rings. The van der Waals surface area contributed by atoms with Crippen LogP contribution in [-0.2, 0) is 16.0 Å². The number of carbonyl (C=O) groups excluding carboxylic acids is 2. The summed E-state index contributed by atoms with van der Waals surface area (Å²) in [6.45, 7) is 0.515. The maximum atomic E-state index is 12.3. The summed E-state index contributed by atoms with van der Waals surface area (Å²) < 4.78 is 0. The minimum atomic E-state index is -0.420. The number of hydrogen-bond donors (Lipinski definition) is 3. The van der Waals surface area contributed by atoms with Crippen molar-refractivity contribution >= 4 is 17.5 Å². The Hall–Kier alpha value is -2.63. The standard InChI is InChI=1S/C15H16N4O2/c20-14-9-12(11-3-1-2-4-13(11)18-14)15(21)16-7-5-10-6-8-17-19-10/h1-4,6,8,12H,5,7,9H2,(H,16,21)(H,17,19)(H,18,20). The average Bonchev–Trinajstić information content (AvgIpc) is 2.99. The molecule has 0 fully saturated rings. The van der Waals surface area contributed by atoms with E-state index in [-0.39, 0.29) is 18.2 Å². The second kappa shape index (κ2) is 5.78. The molecule has 6 nitrogen and oxygen atoms in total. The molecule has 0 bridgehead atoms. The van der Waals surface area contributed by atoms with Crippen molar-refractivity contribution in [2.45, 2.75) is 18.8 Å². The first kappa shape index (κ1) is 13.4. The zero-order valence-electron chi connectivity index (χ0n) is 11.4. The molecular weight excluding hydrogens is 268 g/mol. The van der Waals surface area contributed by atoms with Gasteiger partial charge in [0.15, 0.2) is 0 Å². The van der Waals surface area contributed by atoms with Crippen LogP contribution in [0, 0.1) is 0 Å². The van der Waals surface area contributed by atoms with E-state index in [1.807, 2.05) is 30.3 Å². The first-order valence-corrected chi connectivity index (χ1v) is 6.89. The second-order valence-electron chi connectivity index (χ2n) is 5.02. The quantitative estimate of drug-likeness (QED) is 0.788. The molecule has 0 spiro atoms. The number of anilines is 1. The van der Waals surface area contributed by atoms with Gasteiger partial charge in [-0.3, -0.25) is 14.7 Å². The zero-order valence-corrected chi connectivity index (χ0v) is 11.4. The number of amides is 2. The van der Waals surface area contributed by atoms with Crippen molar-refractivity contribution in [3.8, 4) is 0 Å². The molecule has 21 heavy (non-hydrogen) atoms. The lowest BCUT2D eigenvalue weighted by Gasteiger charge is -2.24. The van der Waals surface area contributed by atoms with Gasteiger partial charge in [0.05, 0.1) is 5.92 Å². The van der Waals surface area contributed by atoms with Crippen molar-refractivity contribution in [3.05, 3.63) is 47.8 Å². The van der Waals surface area contributed by atoms with Gasteiger partial charge in [0.25, 0.3) is 0 Å². The predicted octanol–water partition coefficient (Wildman–Crippen LogP) is 1.19. The zero-order chi connectivity index (χ0) is 14.7. The summed E-state index contributed by atoms with van der Waals surface area (Å²) in [6, 6.07) is 9.29. The molecule has 1 unspecified atom stereocenters. The third-order valence-electron chi connectivity index (χ3n) is 3.57. The molecule has 1 aromatic heterocycles. The van der Waals surface area contributed by atoms with Gasteiger partial charge in [-0.25, -0.2) is 0 Å². The van der Waals surface area contributed by atoms with Gasteiger partial charge < -0.3 is 10.6 Å². The molecule has 6 heteroatoms. The first-order valence-electron chi connectivity index (χ1n) is 6.89. The third kappa shape index (κ3) is 2.94. The molecular formula is C15H16N4O2. The number of carbonyl (C=O) groups is 2. The summed E-state index contributed by atoms with van der Waals surface area (Å²) >= 11 is 0. The van der Waals surface area contributed by atoms with Crippen molar-refractivity contribution in [1.29, 1.82) is 0 Å². The van der Waals surface area contributed by atoms with Crippen LogP contribution in [0.1, 0.15) is 23.6 Å². The number of rotatable bonds is 4. The monoisotopic (exact) mass is 284 g/mol. The Morgan fingerprint density at radius 3 is 3.00 bits per heavy atom. The number of hydrogen-bond acceptors (Lipinski definition) is 3. The van der Waals surface area contributed by atoms with E-state index in [0.29, 0.717) is 13.0 Å². The Kier molecular flexibility index (Phi) is 3.68. The highest BCUT2D eigenvalue weighted by atomic mass is 16.2. The lowest BCUT2D eigenvalue weighted by Crippen LogP contribution is -2.35. The van der Waals surface area contributed by atoms with E-state index in [4.69, 9.17) is 0 Å². The van der Waals surface area contributed by atoms with Gasteiger partial charge in [-0.1, -0.05) is 18.2 Å². The van der Waals surface area contributed by atoms with E-state index in [2.05, 4.69) is 20.8 Å². The van der Waals surface area contributed by atoms with Crippen molar-refractivity contribution in [2.75, 3.05) is 11.9 Å². The second-order valence-corrected chi connectivity index (χ2v) is 5.02. The van der Waals surface area contributed by atoms with Crippen LogP contribution in [0.15, 0.2) is 36.5 Å². The Balaban J connectivity index is 1.65. The number of nitrogens with one attached hydrogen (secondary N) is 3. The molecule has 108 valence electrons. The minimum Gasteiger partial charge on any atom is -0.355 e. The van der Waals surface area contributed by atoms with Crippen LogP contribution in [0.5, 0.6) is 0 Å². The fourth-order valence-electron chi connectivity index (χ4n) is 2.51. The normalized spacial score (nSPS) is 17.0. The molecule has 2 heterocycles. The van der Waals surface area contributed by atoms with Gasteiger partial charge in [-0.15, -0.1) is 0 Å². The van der Waals surface area contributed by atoms with Crippen LogP contribution >= 0.6 is 0 Å². The summed E-state index contributed by atoms with van der Waals surface area (Å²) in [5, 5.41) is 12.4. The Morgan fingerprint density at radius 1 is 1.33 bits per heavy atom. The van der Waals surface area contributed by atoms with Crippen LogP contribution < -0.4 is 10.6 Å². The molecule has 2 aromatic rings. The molecule has 0 saturated heterocycles. The average molecular weight is 284 g/mol. The molecule has 1 aromatic carbocycles. The summed E-state index contributed by atoms with van der Waals surface area (Å²) in [5.41, 5.74) is 2.57. The van der Waals surface area contributed by atoms with E-state index < -0.39 is 5.92 Å². The SMILES string of the molecule is O=C1CC(C(=O)NCCc2ccn[nH]2)c2ccccc2N1. The summed E-state index contributed by atoms with van der Waals surface area (Å²) in [6.07, 6.45) is 2.55. The van der Waals surface area contributed by atoms with Gasteiger partial charge in [-0.05, 0) is 17.7 Å². The molecule has 3 rings (SSSR count). The largest absolute Gasteiger partial charge is 0.355 e. The highest BCUT2D eigenvalue weighted by Gasteiger charge is 2.30. The van der Waals surface area contributed by atoms with Crippen molar-refractivity contribution in [2.24, 2.45) is 0 Å². The summed E-state index contributed by atoms with van der Waals surface area (Å²) in [7, 11) is 0. The summed E-state index contributed by atoms with van der Waals surface area (Å²) in [4.78, 5) is 24.0. The lowest BCUT2D eigenvalue weighted by molar-refractivity contribution is -0.126. The minimum absolute atomic E-state index is 0.114. The molecule has 1 atom stereocenters.